The molecule has 1 atom stereocenters. The molecule has 1 heterocycles. The Morgan fingerprint density at radius 1 is 1.28 bits per heavy atom. The number of nitrogens with one attached hydrogen (secondary N) is 1. The molecule has 0 bridgehead atoms. The Morgan fingerprint density at radius 3 is 2.67 bits per heavy atom. The van der Waals surface area contributed by atoms with Crippen molar-refractivity contribution in [1.82, 2.24) is 5.32 Å². The average Bonchev–Trinajstić information content (AvgIpc) is 2.46. The summed E-state index contributed by atoms with van der Waals surface area (Å²) in [4.78, 5) is 0. The molecule has 2 rings (SSSR count). The van der Waals surface area contributed by atoms with Crippen LogP contribution in [-0.4, -0.2) is 20.8 Å². The number of rotatable bonds is 3. The minimum atomic E-state index is 0.311. The quantitative estimate of drug-likeness (QED) is 0.889. The van der Waals surface area contributed by atoms with Crippen LogP contribution in [0.25, 0.3) is 0 Å². The lowest BCUT2D eigenvalue weighted by atomic mass is 9.95. The van der Waals surface area contributed by atoms with E-state index in [1.807, 2.05) is 12.1 Å². The Hall–Kier alpha value is -1.73. The van der Waals surface area contributed by atoms with Crippen LogP contribution in [0.3, 0.4) is 0 Å². The normalized spacial score (nSPS) is 19.1. The van der Waals surface area contributed by atoms with E-state index in [-0.39, 0.29) is 0 Å². The lowest BCUT2D eigenvalue weighted by Gasteiger charge is -2.24. The highest BCUT2D eigenvalue weighted by Gasteiger charge is 2.19. The van der Waals surface area contributed by atoms with Crippen molar-refractivity contribution in [3.05, 3.63) is 23.3 Å². The molecule has 1 aromatic carbocycles. The second-order valence-electron chi connectivity index (χ2n) is 4.42. The summed E-state index contributed by atoms with van der Waals surface area (Å²) in [5.41, 5.74) is 1.63. The van der Waals surface area contributed by atoms with Crippen LogP contribution in [0.4, 0.5) is 0 Å². The van der Waals surface area contributed by atoms with Gasteiger partial charge in [0.25, 0.3) is 0 Å². The van der Waals surface area contributed by atoms with E-state index in [0.717, 1.165) is 18.5 Å². The summed E-state index contributed by atoms with van der Waals surface area (Å²) in [6.45, 7) is 1.03. The number of nitriles is 1. The largest absolute Gasteiger partial charge is 0.493 e. The Balaban J connectivity index is 2.39. The first-order chi connectivity index (χ1) is 8.80. The van der Waals surface area contributed by atoms with Crippen LogP contribution in [0.5, 0.6) is 11.5 Å². The molecule has 0 spiro atoms. The molecular weight excluding hydrogens is 228 g/mol. The predicted molar refractivity (Wildman–Crippen MR) is 68.9 cm³/mol. The van der Waals surface area contributed by atoms with Gasteiger partial charge in [-0.2, -0.15) is 5.26 Å². The third-order valence-electron chi connectivity index (χ3n) is 3.33. The maximum absolute atomic E-state index is 9.19. The zero-order valence-corrected chi connectivity index (χ0v) is 10.8. The van der Waals surface area contributed by atoms with Gasteiger partial charge in [-0.25, -0.2) is 0 Å². The van der Waals surface area contributed by atoms with Crippen LogP contribution >= 0.6 is 0 Å². The molecule has 0 amide bonds. The van der Waals surface area contributed by atoms with Gasteiger partial charge in [-0.1, -0.05) is 6.42 Å². The molecular formula is C14H18N2O2. The first-order valence-corrected chi connectivity index (χ1v) is 6.19. The lowest BCUT2D eigenvalue weighted by Crippen LogP contribution is -2.26. The van der Waals surface area contributed by atoms with Gasteiger partial charge < -0.3 is 14.8 Å². The lowest BCUT2D eigenvalue weighted by molar-refractivity contribution is 0.351. The van der Waals surface area contributed by atoms with Gasteiger partial charge in [0.1, 0.15) is 6.07 Å². The summed E-state index contributed by atoms with van der Waals surface area (Å²) in [5.74, 6) is 1.14. The standard InChI is InChI=1S/C14H18N2O2/c1-17-13-8-10(12-5-3-4-6-16-12)7-11(9-15)14(13)18-2/h7-8,12,16H,3-6H2,1-2H3. The summed E-state index contributed by atoms with van der Waals surface area (Å²) in [6.07, 6.45) is 3.53. The molecule has 96 valence electrons. The molecule has 1 saturated heterocycles. The monoisotopic (exact) mass is 246 g/mol. The van der Waals surface area contributed by atoms with Crippen LogP contribution in [0.2, 0.25) is 0 Å². The average molecular weight is 246 g/mol. The maximum atomic E-state index is 9.19. The van der Waals surface area contributed by atoms with Crippen LogP contribution in [0.15, 0.2) is 12.1 Å². The van der Waals surface area contributed by atoms with Crippen LogP contribution < -0.4 is 14.8 Å². The SMILES string of the molecule is COc1cc(C2CCCCN2)cc(C#N)c1OC. The first kappa shape index (κ1) is 12.7. The number of hydrogen-bond donors (Lipinski definition) is 1. The Bertz CT molecular complexity index is 460. The summed E-state index contributed by atoms with van der Waals surface area (Å²) in [6, 6.07) is 6.33. The van der Waals surface area contributed by atoms with Gasteiger partial charge >= 0.3 is 0 Å². The molecule has 4 nitrogen and oxygen atoms in total. The summed E-state index contributed by atoms with van der Waals surface area (Å²) < 4.78 is 10.5. The molecule has 1 fully saturated rings. The van der Waals surface area contributed by atoms with E-state index in [1.165, 1.54) is 12.8 Å². The molecule has 0 aromatic heterocycles. The van der Waals surface area contributed by atoms with Crippen LogP contribution in [-0.2, 0) is 0 Å². The number of methoxy groups -OCH3 is 2. The molecule has 1 aliphatic rings. The highest BCUT2D eigenvalue weighted by Crippen LogP contribution is 2.35. The van der Waals surface area contributed by atoms with E-state index in [2.05, 4.69) is 11.4 Å². The summed E-state index contributed by atoms with van der Waals surface area (Å²) in [5, 5.41) is 12.7. The molecule has 1 unspecified atom stereocenters. The minimum Gasteiger partial charge on any atom is -0.493 e. The van der Waals surface area contributed by atoms with Crippen LogP contribution in [0, 0.1) is 11.3 Å². The topological polar surface area (TPSA) is 54.3 Å². The van der Waals surface area contributed by atoms with E-state index >= 15 is 0 Å². The third-order valence-corrected chi connectivity index (χ3v) is 3.33. The first-order valence-electron chi connectivity index (χ1n) is 6.19. The van der Waals surface area contributed by atoms with Gasteiger partial charge in [-0.3, -0.25) is 0 Å². The molecule has 0 radical (unpaired) electrons. The fourth-order valence-electron chi connectivity index (χ4n) is 2.41. The van der Waals surface area contributed by atoms with Crippen LogP contribution in [0.1, 0.15) is 36.4 Å². The number of nitrogens with zero attached hydrogens (tertiary/aromatic N) is 1. The van der Waals surface area contributed by atoms with Gasteiger partial charge in [0, 0.05) is 6.04 Å². The van der Waals surface area contributed by atoms with Crippen molar-refractivity contribution in [1.29, 1.82) is 5.26 Å². The Labute approximate surface area is 108 Å². The smallest absolute Gasteiger partial charge is 0.178 e. The molecule has 1 aliphatic heterocycles. The van der Waals surface area contributed by atoms with Crippen molar-refractivity contribution in [2.75, 3.05) is 20.8 Å². The maximum Gasteiger partial charge on any atom is 0.178 e. The van der Waals surface area contributed by atoms with Crippen molar-refractivity contribution in [3.8, 4) is 17.6 Å². The van der Waals surface area contributed by atoms with E-state index in [9.17, 15) is 5.26 Å². The second kappa shape index (κ2) is 5.74. The fraction of sp³-hybridized carbons (Fsp3) is 0.500. The molecule has 4 heteroatoms. The number of piperidine rings is 1. The number of benzene rings is 1. The van der Waals surface area contributed by atoms with Gasteiger partial charge in [-0.05, 0) is 37.1 Å². The van der Waals surface area contributed by atoms with Gasteiger partial charge in [0.2, 0.25) is 0 Å². The third kappa shape index (κ3) is 2.41. The summed E-state index contributed by atoms with van der Waals surface area (Å²) >= 11 is 0. The van der Waals surface area contributed by atoms with Crippen molar-refractivity contribution < 1.29 is 9.47 Å². The molecule has 0 aliphatic carbocycles. The number of hydrogen-bond acceptors (Lipinski definition) is 4. The highest BCUT2D eigenvalue weighted by molar-refractivity contribution is 5.55. The van der Waals surface area contributed by atoms with E-state index < -0.39 is 0 Å². The summed E-state index contributed by atoms with van der Waals surface area (Å²) in [7, 11) is 3.15. The van der Waals surface area contributed by atoms with Gasteiger partial charge in [-0.15, -0.1) is 0 Å². The molecule has 1 aromatic rings. The highest BCUT2D eigenvalue weighted by atomic mass is 16.5. The van der Waals surface area contributed by atoms with Gasteiger partial charge in [0.05, 0.1) is 19.8 Å². The van der Waals surface area contributed by atoms with Crippen molar-refractivity contribution in [3.63, 3.8) is 0 Å². The molecule has 0 saturated carbocycles. The zero-order chi connectivity index (χ0) is 13.0. The Morgan fingerprint density at radius 2 is 2.11 bits per heavy atom. The van der Waals surface area contributed by atoms with Crippen molar-refractivity contribution in [2.45, 2.75) is 25.3 Å². The zero-order valence-electron chi connectivity index (χ0n) is 10.8. The Kier molecular flexibility index (Phi) is 4.06. The minimum absolute atomic E-state index is 0.311. The van der Waals surface area contributed by atoms with E-state index in [4.69, 9.17) is 9.47 Å². The van der Waals surface area contributed by atoms with Crippen molar-refractivity contribution >= 4 is 0 Å². The van der Waals surface area contributed by atoms with Crippen molar-refractivity contribution in [2.24, 2.45) is 0 Å². The molecule has 18 heavy (non-hydrogen) atoms. The molecule has 1 N–H and O–H groups in total. The second-order valence-corrected chi connectivity index (χ2v) is 4.42. The van der Waals surface area contributed by atoms with E-state index in [1.54, 1.807) is 14.2 Å². The van der Waals surface area contributed by atoms with Gasteiger partial charge in [0.15, 0.2) is 11.5 Å². The van der Waals surface area contributed by atoms with E-state index in [0.29, 0.717) is 23.1 Å². The number of ether oxygens (including phenoxy) is 2. The fourth-order valence-corrected chi connectivity index (χ4v) is 2.41. The predicted octanol–water partition coefficient (Wildman–Crippen LogP) is 2.39.